The van der Waals surface area contributed by atoms with E-state index in [-0.39, 0.29) is 18.4 Å². The quantitative estimate of drug-likeness (QED) is 0.703. The van der Waals surface area contributed by atoms with E-state index in [1.807, 2.05) is 0 Å². The Morgan fingerprint density at radius 2 is 2.05 bits per heavy atom. The predicted octanol–water partition coefficient (Wildman–Crippen LogP) is 0.815. The summed E-state index contributed by atoms with van der Waals surface area (Å²) < 4.78 is 5.31. The minimum absolute atomic E-state index is 0.0389. The number of amides is 2. The molecule has 1 fully saturated rings. The lowest BCUT2D eigenvalue weighted by atomic mass is 10.1. The van der Waals surface area contributed by atoms with Crippen LogP contribution in [0.2, 0.25) is 0 Å². The van der Waals surface area contributed by atoms with Crippen molar-refractivity contribution >= 4 is 11.8 Å². The van der Waals surface area contributed by atoms with Crippen LogP contribution < -0.4 is 0 Å². The molecule has 0 N–H and O–H groups in total. The van der Waals surface area contributed by atoms with Crippen molar-refractivity contribution in [2.75, 3.05) is 20.3 Å². The molecule has 1 aromatic heterocycles. The first-order chi connectivity index (χ1) is 9.16. The van der Waals surface area contributed by atoms with Gasteiger partial charge in [-0.05, 0) is 19.3 Å². The van der Waals surface area contributed by atoms with Crippen LogP contribution in [0.25, 0.3) is 0 Å². The topological polar surface area (TPSA) is 66.7 Å². The van der Waals surface area contributed by atoms with Crippen LogP contribution >= 0.6 is 0 Å². The highest BCUT2D eigenvalue weighted by Crippen LogP contribution is 2.25. The molecule has 102 valence electrons. The molecule has 0 bridgehead atoms. The number of hydrogen-bond acceptors (Lipinski definition) is 4. The lowest BCUT2D eigenvalue weighted by Crippen LogP contribution is -2.31. The van der Waals surface area contributed by atoms with Gasteiger partial charge in [0.1, 0.15) is 12.3 Å². The third kappa shape index (κ3) is 2.11. The second-order valence-electron chi connectivity index (χ2n) is 5.23. The van der Waals surface area contributed by atoms with Gasteiger partial charge in [0, 0.05) is 19.0 Å². The van der Waals surface area contributed by atoms with E-state index >= 15 is 0 Å². The monoisotopic (exact) mass is 263 g/mol. The van der Waals surface area contributed by atoms with Gasteiger partial charge in [0.05, 0.1) is 6.67 Å². The molecule has 2 amide bonds. The maximum Gasteiger partial charge on any atom is 0.278 e. The Bertz CT molecular complexity index is 523. The van der Waals surface area contributed by atoms with Crippen LogP contribution in [0, 0.1) is 0 Å². The molecule has 3 rings (SSSR count). The van der Waals surface area contributed by atoms with Crippen molar-refractivity contribution < 1.29 is 14.1 Å². The average molecular weight is 263 g/mol. The molecule has 2 heterocycles. The molecule has 6 heteroatoms. The predicted molar refractivity (Wildman–Crippen MR) is 66.4 cm³/mol. The van der Waals surface area contributed by atoms with Crippen molar-refractivity contribution in [2.45, 2.75) is 32.1 Å². The van der Waals surface area contributed by atoms with Crippen molar-refractivity contribution in [1.29, 1.82) is 0 Å². The van der Waals surface area contributed by atoms with Gasteiger partial charge in [0.2, 0.25) is 5.91 Å². The molecule has 0 spiro atoms. The molecular formula is C13H17N3O3. The Morgan fingerprint density at radius 1 is 1.26 bits per heavy atom. The summed E-state index contributed by atoms with van der Waals surface area (Å²) in [4.78, 5) is 27.0. The number of fused-ring (bicyclic) bond motifs is 1. The summed E-state index contributed by atoms with van der Waals surface area (Å²) in [6, 6.07) is 0. The standard InChI is InChI=1S/C13H17N3O3/c1-15-8-16(7-11(15)17)13(18)12-9-5-3-2-4-6-10(9)19-14-12/h2-8H2,1H3. The normalized spacial score (nSPS) is 19.5. The van der Waals surface area contributed by atoms with Gasteiger partial charge in [-0.2, -0.15) is 0 Å². The minimum Gasteiger partial charge on any atom is -0.360 e. The summed E-state index contributed by atoms with van der Waals surface area (Å²) in [7, 11) is 1.69. The SMILES string of the molecule is CN1CN(C(=O)c2noc3c2CCCCC3)CC1=O. The summed E-state index contributed by atoms with van der Waals surface area (Å²) >= 11 is 0. The smallest absolute Gasteiger partial charge is 0.278 e. The molecule has 0 aromatic carbocycles. The molecule has 0 radical (unpaired) electrons. The van der Waals surface area contributed by atoms with E-state index < -0.39 is 0 Å². The Balaban J connectivity index is 1.84. The van der Waals surface area contributed by atoms with Crippen molar-refractivity contribution in [3.8, 4) is 0 Å². The summed E-state index contributed by atoms with van der Waals surface area (Å²) in [5.41, 5.74) is 1.35. The van der Waals surface area contributed by atoms with Crippen LogP contribution in [0.4, 0.5) is 0 Å². The van der Waals surface area contributed by atoms with Gasteiger partial charge in [-0.1, -0.05) is 11.6 Å². The Labute approximate surface area is 111 Å². The van der Waals surface area contributed by atoms with E-state index in [4.69, 9.17) is 4.52 Å². The van der Waals surface area contributed by atoms with Crippen molar-refractivity contribution in [1.82, 2.24) is 15.0 Å². The zero-order chi connectivity index (χ0) is 13.4. The van der Waals surface area contributed by atoms with Crippen LogP contribution in [0.1, 0.15) is 41.1 Å². The molecule has 1 aliphatic heterocycles. The first-order valence-corrected chi connectivity index (χ1v) is 6.67. The second kappa shape index (κ2) is 4.68. The van der Waals surface area contributed by atoms with Gasteiger partial charge in [0.25, 0.3) is 5.91 Å². The molecular weight excluding hydrogens is 246 g/mol. The fourth-order valence-corrected chi connectivity index (χ4v) is 2.68. The zero-order valence-electron chi connectivity index (χ0n) is 11.0. The van der Waals surface area contributed by atoms with Gasteiger partial charge in [-0.15, -0.1) is 0 Å². The van der Waals surface area contributed by atoms with Gasteiger partial charge in [-0.3, -0.25) is 9.59 Å². The van der Waals surface area contributed by atoms with Gasteiger partial charge < -0.3 is 14.3 Å². The first kappa shape index (κ1) is 12.2. The number of aromatic nitrogens is 1. The number of likely N-dealkylation sites (N-methyl/N-ethyl adjacent to an activating group) is 1. The molecule has 1 aromatic rings. The third-order valence-corrected chi connectivity index (χ3v) is 3.82. The first-order valence-electron chi connectivity index (χ1n) is 6.67. The Kier molecular flexibility index (Phi) is 3.00. The fourth-order valence-electron chi connectivity index (χ4n) is 2.68. The third-order valence-electron chi connectivity index (χ3n) is 3.82. The van der Waals surface area contributed by atoms with Crippen LogP contribution in [-0.4, -0.2) is 47.0 Å². The van der Waals surface area contributed by atoms with Crippen molar-refractivity contribution in [3.63, 3.8) is 0 Å². The summed E-state index contributed by atoms with van der Waals surface area (Å²) in [6.45, 7) is 0.469. The fraction of sp³-hybridized carbons (Fsp3) is 0.615. The summed E-state index contributed by atoms with van der Waals surface area (Å²) in [6.07, 6.45) is 5.00. The van der Waals surface area contributed by atoms with Crippen molar-refractivity contribution in [2.24, 2.45) is 0 Å². The number of carbonyl (C=O) groups excluding carboxylic acids is 2. The highest BCUT2D eigenvalue weighted by atomic mass is 16.5. The molecule has 1 saturated heterocycles. The van der Waals surface area contributed by atoms with Crippen molar-refractivity contribution in [3.05, 3.63) is 17.0 Å². The summed E-state index contributed by atoms with van der Waals surface area (Å²) in [5.74, 6) is 0.618. The Morgan fingerprint density at radius 3 is 2.79 bits per heavy atom. The highest BCUT2D eigenvalue weighted by Gasteiger charge is 2.32. The van der Waals surface area contributed by atoms with Crippen LogP contribution in [0.5, 0.6) is 0 Å². The molecule has 2 aliphatic rings. The van der Waals surface area contributed by atoms with Crippen LogP contribution in [0.3, 0.4) is 0 Å². The second-order valence-corrected chi connectivity index (χ2v) is 5.23. The van der Waals surface area contributed by atoms with Gasteiger partial charge in [0.15, 0.2) is 5.69 Å². The maximum absolute atomic E-state index is 12.4. The molecule has 1 aliphatic carbocycles. The van der Waals surface area contributed by atoms with E-state index in [0.29, 0.717) is 12.4 Å². The molecule has 0 saturated carbocycles. The van der Waals surface area contributed by atoms with E-state index in [2.05, 4.69) is 5.16 Å². The molecule has 0 atom stereocenters. The largest absolute Gasteiger partial charge is 0.360 e. The summed E-state index contributed by atoms with van der Waals surface area (Å²) in [5, 5.41) is 3.94. The zero-order valence-corrected chi connectivity index (χ0v) is 11.0. The van der Waals surface area contributed by atoms with E-state index in [9.17, 15) is 9.59 Å². The van der Waals surface area contributed by atoms with Crippen LogP contribution in [0.15, 0.2) is 4.52 Å². The number of nitrogens with zero attached hydrogens (tertiary/aromatic N) is 3. The van der Waals surface area contributed by atoms with E-state index in [1.54, 1.807) is 7.05 Å². The molecule has 19 heavy (non-hydrogen) atoms. The molecule has 6 nitrogen and oxygen atoms in total. The lowest BCUT2D eigenvalue weighted by Gasteiger charge is -2.13. The number of carbonyl (C=O) groups is 2. The van der Waals surface area contributed by atoms with Gasteiger partial charge >= 0.3 is 0 Å². The molecule has 0 unspecified atom stereocenters. The van der Waals surface area contributed by atoms with Gasteiger partial charge in [-0.25, -0.2) is 0 Å². The highest BCUT2D eigenvalue weighted by molar-refractivity contribution is 5.97. The van der Waals surface area contributed by atoms with E-state index in [1.165, 1.54) is 9.80 Å². The number of rotatable bonds is 1. The lowest BCUT2D eigenvalue weighted by molar-refractivity contribution is -0.125. The van der Waals surface area contributed by atoms with E-state index in [0.717, 1.165) is 43.4 Å². The maximum atomic E-state index is 12.4. The minimum atomic E-state index is -0.190. The average Bonchev–Trinajstić information content (AvgIpc) is 2.85. The van der Waals surface area contributed by atoms with Crippen LogP contribution in [-0.2, 0) is 17.6 Å². The number of aryl methyl sites for hydroxylation is 1. The number of hydrogen-bond donors (Lipinski definition) is 0. The Hall–Kier alpha value is -1.85.